The molecular formula is C36H32O12S4. The summed E-state index contributed by atoms with van der Waals surface area (Å²) < 4.78 is 34.3. The average molecular weight is 785 g/mol. The number of carboxylic acid groups (broad SMARTS) is 2. The van der Waals surface area contributed by atoms with Crippen LogP contribution in [-0.2, 0) is 28.7 Å². The molecule has 52 heavy (non-hydrogen) atoms. The Labute approximate surface area is 315 Å². The van der Waals surface area contributed by atoms with Crippen LogP contribution in [0, 0.1) is 0 Å². The summed E-state index contributed by atoms with van der Waals surface area (Å²) in [5, 5.41) is 19.1. The molecule has 0 atom stereocenters. The molecule has 0 spiro atoms. The summed E-state index contributed by atoms with van der Waals surface area (Å²) in [6, 6.07) is 21.5. The van der Waals surface area contributed by atoms with Crippen molar-refractivity contribution < 1.29 is 57.8 Å². The van der Waals surface area contributed by atoms with Crippen LogP contribution in [-0.4, -0.2) is 73.7 Å². The van der Waals surface area contributed by atoms with Gasteiger partial charge in [0.1, 0.15) is 23.0 Å². The molecule has 4 aromatic rings. The van der Waals surface area contributed by atoms with Gasteiger partial charge in [-0.05, 0) is 62.4 Å². The summed E-state index contributed by atoms with van der Waals surface area (Å²) in [6.07, 6.45) is 0. The summed E-state index contributed by atoms with van der Waals surface area (Å²) in [5.41, 5.74) is 0. The van der Waals surface area contributed by atoms with Crippen LogP contribution in [0.1, 0.15) is 13.8 Å². The van der Waals surface area contributed by atoms with Crippen LogP contribution < -0.4 is 18.9 Å². The number of fused-ring (bicyclic) bond motifs is 8. The molecule has 0 radical (unpaired) electrons. The molecule has 0 fully saturated rings. The number of ether oxygens (including phenoxy) is 6. The van der Waals surface area contributed by atoms with Crippen molar-refractivity contribution in [1.29, 1.82) is 0 Å². The summed E-state index contributed by atoms with van der Waals surface area (Å²) in [4.78, 5) is 52.8. The van der Waals surface area contributed by atoms with E-state index in [1.807, 2.05) is 0 Å². The second-order valence-corrected chi connectivity index (χ2v) is 14.6. The van der Waals surface area contributed by atoms with Gasteiger partial charge in [0.2, 0.25) is 0 Å². The van der Waals surface area contributed by atoms with E-state index in [4.69, 9.17) is 28.4 Å². The number of hydrogen-bond donors (Lipinski definition) is 2. The lowest BCUT2D eigenvalue weighted by atomic mass is 10.3. The van der Waals surface area contributed by atoms with Crippen molar-refractivity contribution in [2.24, 2.45) is 0 Å². The van der Waals surface area contributed by atoms with Crippen LogP contribution >= 0.6 is 47.0 Å². The van der Waals surface area contributed by atoms with Gasteiger partial charge in [0.15, 0.2) is 26.4 Å². The van der Waals surface area contributed by atoms with Gasteiger partial charge in [-0.3, -0.25) is 0 Å². The topological polar surface area (TPSA) is 164 Å². The van der Waals surface area contributed by atoms with E-state index in [9.17, 15) is 29.4 Å². The van der Waals surface area contributed by atoms with Crippen LogP contribution in [0.25, 0.3) is 0 Å². The number of carbonyl (C=O) groups is 4. The van der Waals surface area contributed by atoms with E-state index in [2.05, 4.69) is 0 Å². The lowest BCUT2D eigenvalue weighted by Gasteiger charge is -2.21. The van der Waals surface area contributed by atoms with Crippen molar-refractivity contribution in [3.8, 4) is 23.0 Å². The Morgan fingerprint density at radius 3 is 0.885 bits per heavy atom. The molecule has 1 heterocycles. The summed E-state index contributed by atoms with van der Waals surface area (Å²) >= 11 is 4.95. The van der Waals surface area contributed by atoms with Gasteiger partial charge < -0.3 is 38.6 Å². The first-order chi connectivity index (χ1) is 25.2. The fraction of sp³-hybridized carbons (Fsp3) is 0.222. The average Bonchev–Trinajstić information content (AvgIpc) is 3.10. The second-order valence-electron chi connectivity index (χ2n) is 10.3. The van der Waals surface area contributed by atoms with Crippen LogP contribution in [0.5, 0.6) is 23.0 Å². The van der Waals surface area contributed by atoms with E-state index in [-0.39, 0.29) is 24.7 Å². The van der Waals surface area contributed by atoms with E-state index in [0.29, 0.717) is 50.7 Å². The highest BCUT2D eigenvalue weighted by atomic mass is 32.2. The lowest BCUT2D eigenvalue weighted by molar-refractivity contribution is -0.146. The molecule has 2 N–H and O–H groups in total. The van der Waals surface area contributed by atoms with E-state index >= 15 is 0 Å². The first-order valence-electron chi connectivity index (χ1n) is 15.7. The predicted octanol–water partition coefficient (Wildman–Crippen LogP) is 7.42. The Balaban J connectivity index is 1.73. The number of hydrogen-bond acceptors (Lipinski definition) is 14. The van der Waals surface area contributed by atoms with Crippen LogP contribution in [0.3, 0.4) is 0 Å². The van der Waals surface area contributed by atoms with Gasteiger partial charge >= 0.3 is 23.9 Å². The highest BCUT2D eigenvalue weighted by Crippen LogP contribution is 2.53. The number of para-hydroxylation sites is 4. The van der Waals surface area contributed by atoms with Crippen molar-refractivity contribution in [3.05, 3.63) is 72.8 Å². The third-order valence-corrected chi connectivity index (χ3v) is 10.9. The molecular weight excluding hydrogens is 753 g/mol. The molecule has 1 aliphatic heterocycles. The van der Waals surface area contributed by atoms with Crippen molar-refractivity contribution in [2.45, 2.75) is 53.0 Å². The molecule has 5 rings (SSSR count). The third kappa shape index (κ3) is 10.2. The molecule has 16 heteroatoms. The summed E-state index contributed by atoms with van der Waals surface area (Å²) in [7, 11) is 0. The number of carboxylic acids is 2. The fourth-order valence-electron chi connectivity index (χ4n) is 4.60. The number of rotatable bonds is 14. The molecule has 272 valence electrons. The van der Waals surface area contributed by atoms with Gasteiger partial charge in [0, 0.05) is 0 Å². The van der Waals surface area contributed by atoms with Crippen LogP contribution in [0.2, 0.25) is 0 Å². The normalized spacial score (nSPS) is 11.9. The Kier molecular flexibility index (Phi) is 13.9. The van der Waals surface area contributed by atoms with Gasteiger partial charge in [-0.25, -0.2) is 19.2 Å². The first kappa shape index (κ1) is 38.6. The third-order valence-electron chi connectivity index (χ3n) is 6.61. The Bertz CT molecular complexity index is 1730. The maximum atomic E-state index is 12.4. The monoisotopic (exact) mass is 784 g/mol. The van der Waals surface area contributed by atoms with Crippen LogP contribution in [0.15, 0.2) is 112 Å². The number of carbonyl (C=O) groups excluding carboxylic acids is 2. The van der Waals surface area contributed by atoms with E-state index < -0.39 is 50.3 Å². The summed E-state index contributed by atoms with van der Waals surface area (Å²) in [5.74, 6) is -2.26. The van der Waals surface area contributed by atoms with E-state index in [1.165, 1.54) is 47.0 Å². The zero-order valence-corrected chi connectivity index (χ0v) is 31.0. The van der Waals surface area contributed by atoms with Gasteiger partial charge in [0.05, 0.1) is 52.4 Å². The van der Waals surface area contributed by atoms with Gasteiger partial charge in [-0.15, -0.1) is 0 Å². The largest absolute Gasteiger partial charge is 0.480 e. The van der Waals surface area contributed by atoms with Crippen molar-refractivity contribution in [3.63, 3.8) is 0 Å². The molecule has 0 saturated heterocycles. The molecule has 0 saturated carbocycles. The maximum absolute atomic E-state index is 12.4. The van der Waals surface area contributed by atoms with Gasteiger partial charge in [-0.1, -0.05) is 71.3 Å². The molecule has 4 aromatic carbocycles. The Hall–Kier alpha value is -4.64. The first-order valence-corrected chi connectivity index (χ1v) is 18.9. The lowest BCUT2D eigenvalue weighted by Crippen LogP contribution is -2.15. The highest BCUT2D eigenvalue weighted by molar-refractivity contribution is 8.01. The van der Waals surface area contributed by atoms with Crippen molar-refractivity contribution >= 4 is 70.9 Å². The minimum absolute atomic E-state index is 0.168. The minimum atomic E-state index is -1.17. The molecule has 0 aliphatic carbocycles. The minimum Gasteiger partial charge on any atom is -0.480 e. The highest BCUT2D eigenvalue weighted by Gasteiger charge is 2.24. The van der Waals surface area contributed by atoms with Gasteiger partial charge in [-0.2, -0.15) is 0 Å². The molecule has 1 aliphatic rings. The standard InChI is InChI=1S/C36H32O12S4/c1-3-43-31(41)19-47-35-25-13-7-14-26(35)50-22-10-6-12-24(34(22)46-18-30(39)40)52-28-16-8-15-27(36(28)48-20-32(42)44-4-2)51-23-11-5-9-21(49-25)33(23)45-17-29(37)38/h5-16H,3-4,17-20H2,1-2H3,(H,37,38)(H,39,40). The van der Waals surface area contributed by atoms with Crippen molar-refractivity contribution in [2.75, 3.05) is 39.6 Å². The number of esters is 2. The van der Waals surface area contributed by atoms with Crippen molar-refractivity contribution in [1.82, 2.24) is 0 Å². The SMILES string of the molecule is CCOC(=O)COc1c2cccc1Sc1cccc(c1OCC(=O)O)Sc1cccc(c1OCC(=O)OCC)Sc1cccc(c1OCC(=O)O)S2. The maximum Gasteiger partial charge on any atom is 0.344 e. The van der Waals surface area contributed by atoms with E-state index in [0.717, 1.165) is 0 Å². The molecule has 0 amide bonds. The zero-order chi connectivity index (χ0) is 37.0. The smallest absolute Gasteiger partial charge is 0.344 e. The van der Waals surface area contributed by atoms with Crippen LogP contribution in [0.4, 0.5) is 0 Å². The van der Waals surface area contributed by atoms with E-state index in [1.54, 1.807) is 86.6 Å². The molecule has 0 unspecified atom stereocenters. The Morgan fingerprint density at radius 1 is 0.442 bits per heavy atom. The number of benzene rings is 4. The molecule has 8 bridgehead atoms. The zero-order valence-electron chi connectivity index (χ0n) is 27.8. The predicted molar refractivity (Wildman–Crippen MR) is 193 cm³/mol. The number of aliphatic carboxylic acids is 2. The quantitative estimate of drug-likeness (QED) is 0.107. The Morgan fingerprint density at radius 2 is 0.673 bits per heavy atom. The second kappa shape index (κ2) is 18.7. The van der Waals surface area contributed by atoms with Gasteiger partial charge in [0.25, 0.3) is 0 Å². The fourth-order valence-corrected chi connectivity index (χ4v) is 9.08. The molecule has 0 aromatic heterocycles. The summed E-state index contributed by atoms with van der Waals surface area (Å²) in [6.45, 7) is 1.69. The molecule has 12 nitrogen and oxygen atoms in total.